The Morgan fingerprint density at radius 2 is 2.37 bits per heavy atom. The summed E-state index contributed by atoms with van der Waals surface area (Å²) in [4.78, 5) is 11.7. The van der Waals surface area contributed by atoms with E-state index in [4.69, 9.17) is 0 Å². The fourth-order valence-electron chi connectivity index (χ4n) is 2.26. The summed E-state index contributed by atoms with van der Waals surface area (Å²) >= 11 is 3.35. The van der Waals surface area contributed by atoms with Crippen LogP contribution in [0.1, 0.15) is 24.8 Å². The van der Waals surface area contributed by atoms with E-state index in [2.05, 4.69) is 26.6 Å². The molecule has 1 aliphatic rings. The lowest BCUT2D eigenvalue weighted by molar-refractivity contribution is -0.121. The minimum Gasteiger partial charge on any atom is -0.352 e. The highest BCUT2D eigenvalue weighted by Crippen LogP contribution is 2.18. The van der Waals surface area contributed by atoms with Crippen molar-refractivity contribution in [1.82, 2.24) is 10.6 Å². The maximum Gasteiger partial charge on any atom is 0.220 e. The van der Waals surface area contributed by atoms with Gasteiger partial charge in [0.25, 0.3) is 0 Å². The van der Waals surface area contributed by atoms with Crippen LogP contribution >= 0.6 is 15.9 Å². The van der Waals surface area contributed by atoms with Crippen molar-refractivity contribution in [2.24, 2.45) is 5.92 Å². The molecule has 1 atom stereocenters. The molecule has 0 bridgehead atoms. The van der Waals surface area contributed by atoms with Gasteiger partial charge in [0.1, 0.15) is 5.82 Å². The van der Waals surface area contributed by atoms with Gasteiger partial charge in [-0.05, 0) is 55.6 Å². The normalized spacial score (nSPS) is 18.5. The molecule has 2 rings (SSSR count). The van der Waals surface area contributed by atoms with Crippen molar-refractivity contribution in [3.63, 3.8) is 0 Å². The molecule has 1 amide bonds. The molecule has 5 heteroatoms. The molecule has 0 radical (unpaired) electrons. The summed E-state index contributed by atoms with van der Waals surface area (Å²) in [5, 5.41) is 6.12. The number of carbonyl (C=O) groups excluding carboxylic acids is 1. The van der Waals surface area contributed by atoms with Gasteiger partial charge in [0.2, 0.25) is 5.91 Å². The second-order valence-electron chi connectivity index (χ2n) is 4.91. The van der Waals surface area contributed by atoms with Crippen molar-refractivity contribution in [3.05, 3.63) is 34.1 Å². The van der Waals surface area contributed by atoms with Crippen LogP contribution in [-0.4, -0.2) is 19.0 Å². The highest BCUT2D eigenvalue weighted by Gasteiger charge is 2.15. The largest absolute Gasteiger partial charge is 0.352 e. The lowest BCUT2D eigenvalue weighted by atomic mass is 10.0. The predicted molar refractivity (Wildman–Crippen MR) is 76.2 cm³/mol. The van der Waals surface area contributed by atoms with Crippen LogP contribution in [-0.2, 0) is 11.3 Å². The van der Waals surface area contributed by atoms with Crippen LogP contribution in [0.3, 0.4) is 0 Å². The molecule has 0 saturated carbocycles. The first-order chi connectivity index (χ1) is 9.15. The third-order valence-corrected chi connectivity index (χ3v) is 4.20. The van der Waals surface area contributed by atoms with E-state index in [0.717, 1.165) is 36.0 Å². The average Bonchev–Trinajstić information content (AvgIpc) is 2.90. The van der Waals surface area contributed by atoms with Gasteiger partial charge in [-0.3, -0.25) is 4.79 Å². The number of rotatable bonds is 5. The summed E-state index contributed by atoms with van der Waals surface area (Å²) < 4.78 is 13.9. The molecule has 1 saturated heterocycles. The molecule has 3 nitrogen and oxygen atoms in total. The molecule has 0 aliphatic carbocycles. The van der Waals surface area contributed by atoms with E-state index in [0.29, 0.717) is 18.9 Å². The first kappa shape index (κ1) is 14.5. The Morgan fingerprint density at radius 1 is 1.53 bits per heavy atom. The Hall–Kier alpha value is -0.940. The number of benzene rings is 1. The monoisotopic (exact) mass is 328 g/mol. The van der Waals surface area contributed by atoms with Crippen LogP contribution < -0.4 is 10.6 Å². The van der Waals surface area contributed by atoms with Gasteiger partial charge in [-0.2, -0.15) is 0 Å². The van der Waals surface area contributed by atoms with Gasteiger partial charge in [0.05, 0.1) is 0 Å². The average molecular weight is 329 g/mol. The van der Waals surface area contributed by atoms with Gasteiger partial charge in [-0.15, -0.1) is 0 Å². The van der Waals surface area contributed by atoms with E-state index < -0.39 is 0 Å². The highest BCUT2D eigenvalue weighted by atomic mass is 79.9. The quantitative estimate of drug-likeness (QED) is 0.872. The van der Waals surface area contributed by atoms with Crippen molar-refractivity contribution < 1.29 is 9.18 Å². The lowest BCUT2D eigenvalue weighted by Crippen LogP contribution is -2.23. The summed E-state index contributed by atoms with van der Waals surface area (Å²) in [6, 6.07) is 4.48. The minimum absolute atomic E-state index is 0.0306. The van der Waals surface area contributed by atoms with Gasteiger partial charge in [0, 0.05) is 17.4 Å². The van der Waals surface area contributed by atoms with Gasteiger partial charge in [-0.25, -0.2) is 4.39 Å². The molecule has 19 heavy (non-hydrogen) atoms. The second-order valence-corrected chi connectivity index (χ2v) is 5.76. The van der Waals surface area contributed by atoms with Crippen molar-refractivity contribution in [3.8, 4) is 0 Å². The Balaban J connectivity index is 1.74. The standard InChI is InChI=1S/C14H18BrFN2O/c15-13-3-2-12(16)7-11(13)9-18-14(19)4-1-10-5-6-17-8-10/h2-3,7,10,17H,1,4-6,8-9H2,(H,18,19). The van der Waals surface area contributed by atoms with E-state index in [1.807, 2.05) is 0 Å². The molecular weight excluding hydrogens is 311 g/mol. The Bertz CT molecular complexity index is 447. The summed E-state index contributed by atoms with van der Waals surface area (Å²) in [5.74, 6) is 0.360. The molecule has 1 fully saturated rings. The van der Waals surface area contributed by atoms with Crippen molar-refractivity contribution >= 4 is 21.8 Å². The SMILES string of the molecule is O=C(CCC1CCNC1)NCc1cc(F)ccc1Br. The molecule has 1 unspecified atom stereocenters. The van der Waals surface area contributed by atoms with Gasteiger partial charge >= 0.3 is 0 Å². The number of hydrogen-bond acceptors (Lipinski definition) is 2. The molecule has 1 aromatic rings. The fourth-order valence-corrected chi connectivity index (χ4v) is 2.64. The van der Waals surface area contributed by atoms with Crippen LogP contribution in [0.5, 0.6) is 0 Å². The minimum atomic E-state index is -0.288. The third kappa shape index (κ3) is 4.58. The molecule has 1 heterocycles. The Morgan fingerprint density at radius 3 is 3.11 bits per heavy atom. The van der Waals surface area contributed by atoms with Gasteiger partial charge < -0.3 is 10.6 Å². The number of amides is 1. The molecule has 2 N–H and O–H groups in total. The molecule has 1 aromatic carbocycles. The number of hydrogen-bond donors (Lipinski definition) is 2. The van der Waals surface area contributed by atoms with Gasteiger partial charge in [0.15, 0.2) is 0 Å². The van der Waals surface area contributed by atoms with Crippen LogP contribution in [0.4, 0.5) is 4.39 Å². The van der Waals surface area contributed by atoms with E-state index >= 15 is 0 Å². The number of nitrogens with one attached hydrogen (secondary N) is 2. The van der Waals surface area contributed by atoms with Gasteiger partial charge in [-0.1, -0.05) is 15.9 Å². The number of halogens is 2. The molecule has 104 valence electrons. The first-order valence-electron chi connectivity index (χ1n) is 6.56. The molecular formula is C14H18BrFN2O. The predicted octanol–water partition coefficient (Wildman–Crippen LogP) is 2.59. The summed E-state index contributed by atoms with van der Waals surface area (Å²) in [7, 11) is 0. The molecule has 1 aliphatic heterocycles. The van der Waals surface area contributed by atoms with E-state index in [1.165, 1.54) is 12.1 Å². The van der Waals surface area contributed by atoms with E-state index in [1.54, 1.807) is 6.07 Å². The maximum absolute atomic E-state index is 13.1. The topological polar surface area (TPSA) is 41.1 Å². The lowest BCUT2D eigenvalue weighted by Gasteiger charge is -2.09. The zero-order valence-corrected chi connectivity index (χ0v) is 12.3. The van der Waals surface area contributed by atoms with Crippen LogP contribution in [0.25, 0.3) is 0 Å². The first-order valence-corrected chi connectivity index (χ1v) is 7.36. The van der Waals surface area contributed by atoms with Crippen molar-refractivity contribution in [2.45, 2.75) is 25.8 Å². The van der Waals surface area contributed by atoms with Crippen LogP contribution in [0, 0.1) is 11.7 Å². The third-order valence-electron chi connectivity index (χ3n) is 3.43. The smallest absolute Gasteiger partial charge is 0.220 e. The fraction of sp³-hybridized carbons (Fsp3) is 0.500. The molecule has 0 spiro atoms. The van der Waals surface area contributed by atoms with Crippen LogP contribution in [0.15, 0.2) is 22.7 Å². The Kier molecular flexibility index (Phi) is 5.34. The van der Waals surface area contributed by atoms with Crippen molar-refractivity contribution in [2.75, 3.05) is 13.1 Å². The molecule has 0 aromatic heterocycles. The maximum atomic E-state index is 13.1. The highest BCUT2D eigenvalue weighted by molar-refractivity contribution is 9.10. The Labute approximate surface area is 121 Å². The summed E-state index contributed by atoms with van der Waals surface area (Å²) in [6.07, 6.45) is 2.62. The van der Waals surface area contributed by atoms with Crippen LogP contribution in [0.2, 0.25) is 0 Å². The van der Waals surface area contributed by atoms with Crippen molar-refractivity contribution in [1.29, 1.82) is 0 Å². The zero-order chi connectivity index (χ0) is 13.7. The summed E-state index contributed by atoms with van der Waals surface area (Å²) in [6.45, 7) is 2.44. The second kappa shape index (κ2) is 7.01. The number of carbonyl (C=O) groups is 1. The van der Waals surface area contributed by atoms with E-state index in [-0.39, 0.29) is 11.7 Å². The summed E-state index contributed by atoms with van der Waals surface area (Å²) in [5.41, 5.74) is 0.760. The van der Waals surface area contributed by atoms with E-state index in [9.17, 15) is 9.18 Å². The zero-order valence-electron chi connectivity index (χ0n) is 10.7.